The van der Waals surface area contributed by atoms with E-state index in [1.807, 2.05) is 0 Å². The van der Waals surface area contributed by atoms with Crippen molar-refractivity contribution in [2.24, 2.45) is 0 Å². The van der Waals surface area contributed by atoms with Gasteiger partial charge < -0.3 is 5.73 Å². The quantitative estimate of drug-likeness (QED) is 0.828. The van der Waals surface area contributed by atoms with Crippen LogP contribution in [0.1, 0.15) is 5.56 Å². The topological polar surface area (TPSA) is 72.2 Å². The maximum Gasteiger partial charge on any atom is 0.240 e. The van der Waals surface area contributed by atoms with Gasteiger partial charge in [-0.2, -0.15) is 0 Å². The Morgan fingerprint density at radius 3 is 2.55 bits per heavy atom. The van der Waals surface area contributed by atoms with E-state index in [9.17, 15) is 12.8 Å². The van der Waals surface area contributed by atoms with Crippen LogP contribution < -0.4 is 10.5 Å². The van der Waals surface area contributed by atoms with E-state index in [0.717, 1.165) is 0 Å². The standard InChI is InChI=1S/C14H15FN2O2S/c15-14-7-2-1-4-11(14)8-9-17-20(18,19)13-6-3-5-12(16)10-13/h1-7,10,17H,8-9,16H2. The van der Waals surface area contributed by atoms with E-state index >= 15 is 0 Å². The highest BCUT2D eigenvalue weighted by atomic mass is 32.2. The SMILES string of the molecule is Nc1cccc(S(=O)(=O)NCCc2ccccc2F)c1. The summed E-state index contributed by atoms with van der Waals surface area (Å²) in [6.07, 6.45) is 0.286. The molecule has 0 aliphatic carbocycles. The maximum atomic E-state index is 13.4. The fourth-order valence-corrected chi connectivity index (χ4v) is 2.87. The molecule has 0 saturated heterocycles. The fourth-order valence-electron chi connectivity index (χ4n) is 1.79. The van der Waals surface area contributed by atoms with Crippen LogP contribution >= 0.6 is 0 Å². The highest BCUT2D eigenvalue weighted by Gasteiger charge is 2.13. The number of sulfonamides is 1. The lowest BCUT2D eigenvalue weighted by Crippen LogP contribution is -2.26. The van der Waals surface area contributed by atoms with Gasteiger partial charge in [0.1, 0.15) is 5.82 Å². The molecule has 0 aliphatic heterocycles. The first-order valence-electron chi connectivity index (χ1n) is 6.08. The third-order valence-electron chi connectivity index (χ3n) is 2.81. The molecule has 0 atom stereocenters. The minimum absolute atomic E-state index is 0.103. The Labute approximate surface area is 117 Å². The van der Waals surface area contributed by atoms with Gasteiger partial charge in [0, 0.05) is 12.2 Å². The van der Waals surface area contributed by atoms with E-state index in [1.165, 1.54) is 18.2 Å². The smallest absolute Gasteiger partial charge is 0.240 e. The molecule has 106 valence electrons. The average Bonchev–Trinajstić information content (AvgIpc) is 2.41. The first-order chi connectivity index (χ1) is 9.49. The van der Waals surface area contributed by atoms with E-state index < -0.39 is 10.0 Å². The lowest BCUT2D eigenvalue weighted by Gasteiger charge is -2.08. The van der Waals surface area contributed by atoms with Crippen LogP contribution in [-0.4, -0.2) is 15.0 Å². The summed E-state index contributed by atoms with van der Waals surface area (Å²) in [7, 11) is -3.62. The third kappa shape index (κ3) is 3.55. The van der Waals surface area contributed by atoms with Gasteiger partial charge in [-0.05, 0) is 36.2 Å². The number of anilines is 1. The molecule has 0 aromatic heterocycles. The molecule has 0 radical (unpaired) electrons. The first kappa shape index (κ1) is 14.5. The lowest BCUT2D eigenvalue weighted by atomic mass is 10.1. The number of nitrogen functional groups attached to an aromatic ring is 1. The molecular weight excluding hydrogens is 279 g/mol. The van der Waals surface area contributed by atoms with Crippen LogP contribution in [0.4, 0.5) is 10.1 Å². The van der Waals surface area contributed by atoms with Gasteiger partial charge in [0.25, 0.3) is 0 Å². The van der Waals surface area contributed by atoms with Crippen molar-refractivity contribution >= 4 is 15.7 Å². The molecule has 0 aliphatic rings. The predicted molar refractivity (Wildman–Crippen MR) is 76.1 cm³/mol. The van der Waals surface area contributed by atoms with Crippen LogP contribution in [0.15, 0.2) is 53.4 Å². The van der Waals surface area contributed by atoms with Crippen LogP contribution in [-0.2, 0) is 16.4 Å². The zero-order valence-corrected chi connectivity index (χ0v) is 11.5. The largest absolute Gasteiger partial charge is 0.399 e. The molecule has 2 aromatic rings. The van der Waals surface area contributed by atoms with Crippen molar-refractivity contribution in [3.63, 3.8) is 0 Å². The Bertz CT molecular complexity index is 702. The molecule has 0 fully saturated rings. The Kier molecular flexibility index (Phi) is 4.36. The molecule has 4 nitrogen and oxygen atoms in total. The zero-order valence-electron chi connectivity index (χ0n) is 10.7. The summed E-state index contributed by atoms with van der Waals surface area (Å²) in [6.45, 7) is 0.123. The molecular formula is C14H15FN2O2S. The summed E-state index contributed by atoms with van der Waals surface area (Å²) in [5, 5.41) is 0. The zero-order chi connectivity index (χ0) is 14.6. The van der Waals surface area contributed by atoms with Crippen molar-refractivity contribution in [2.75, 3.05) is 12.3 Å². The summed E-state index contributed by atoms with van der Waals surface area (Å²) in [4.78, 5) is 0.103. The van der Waals surface area contributed by atoms with Gasteiger partial charge in [0.05, 0.1) is 4.90 Å². The third-order valence-corrected chi connectivity index (χ3v) is 4.27. The molecule has 0 bridgehead atoms. The molecule has 2 aromatic carbocycles. The van der Waals surface area contributed by atoms with Crippen LogP contribution in [0.5, 0.6) is 0 Å². The van der Waals surface area contributed by atoms with Gasteiger partial charge in [-0.25, -0.2) is 17.5 Å². The molecule has 0 heterocycles. The summed E-state index contributed by atoms with van der Waals surface area (Å²) >= 11 is 0. The van der Waals surface area contributed by atoms with Crippen molar-refractivity contribution in [3.05, 3.63) is 59.9 Å². The van der Waals surface area contributed by atoms with E-state index in [-0.39, 0.29) is 23.7 Å². The van der Waals surface area contributed by atoms with E-state index in [4.69, 9.17) is 5.73 Å². The molecule has 0 saturated carbocycles. The van der Waals surface area contributed by atoms with Gasteiger partial charge >= 0.3 is 0 Å². The highest BCUT2D eigenvalue weighted by Crippen LogP contribution is 2.13. The minimum atomic E-state index is -3.62. The molecule has 0 spiro atoms. The van der Waals surface area contributed by atoms with Gasteiger partial charge in [-0.1, -0.05) is 24.3 Å². The average molecular weight is 294 g/mol. The van der Waals surface area contributed by atoms with Crippen LogP contribution in [0, 0.1) is 5.82 Å². The maximum absolute atomic E-state index is 13.4. The normalized spacial score (nSPS) is 11.4. The van der Waals surface area contributed by atoms with E-state index in [0.29, 0.717) is 11.3 Å². The molecule has 0 unspecified atom stereocenters. The van der Waals surface area contributed by atoms with Crippen molar-refractivity contribution in [1.29, 1.82) is 0 Å². The van der Waals surface area contributed by atoms with Gasteiger partial charge in [0.2, 0.25) is 10.0 Å². The molecule has 3 N–H and O–H groups in total. The van der Waals surface area contributed by atoms with Crippen molar-refractivity contribution in [1.82, 2.24) is 4.72 Å². The highest BCUT2D eigenvalue weighted by molar-refractivity contribution is 7.89. The summed E-state index contributed by atoms with van der Waals surface area (Å²) in [5.74, 6) is -0.337. The minimum Gasteiger partial charge on any atom is -0.399 e. The molecule has 0 amide bonds. The Morgan fingerprint density at radius 1 is 1.10 bits per heavy atom. The monoisotopic (exact) mass is 294 g/mol. The Morgan fingerprint density at radius 2 is 1.85 bits per heavy atom. The van der Waals surface area contributed by atoms with Crippen LogP contribution in [0.3, 0.4) is 0 Å². The summed E-state index contributed by atoms with van der Waals surface area (Å²) in [5.41, 5.74) is 6.40. The number of benzene rings is 2. The number of hydrogen-bond donors (Lipinski definition) is 2. The summed E-state index contributed by atoms with van der Waals surface area (Å²) in [6, 6.07) is 12.3. The van der Waals surface area contributed by atoms with Gasteiger partial charge in [0.15, 0.2) is 0 Å². The van der Waals surface area contributed by atoms with Crippen molar-refractivity contribution < 1.29 is 12.8 Å². The lowest BCUT2D eigenvalue weighted by molar-refractivity contribution is 0.577. The molecule has 20 heavy (non-hydrogen) atoms. The van der Waals surface area contributed by atoms with Gasteiger partial charge in [-0.15, -0.1) is 0 Å². The number of nitrogens with two attached hydrogens (primary N) is 1. The Balaban J connectivity index is 2.02. The number of rotatable bonds is 5. The van der Waals surface area contributed by atoms with E-state index in [1.54, 1.807) is 30.3 Å². The van der Waals surface area contributed by atoms with Crippen molar-refractivity contribution in [2.45, 2.75) is 11.3 Å². The first-order valence-corrected chi connectivity index (χ1v) is 7.56. The number of hydrogen-bond acceptors (Lipinski definition) is 3. The van der Waals surface area contributed by atoms with Gasteiger partial charge in [-0.3, -0.25) is 0 Å². The second kappa shape index (κ2) is 6.02. The second-order valence-electron chi connectivity index (χ2n) is 4.31. The van der Waals surface area contributed by atoms with Crippen LogP contribution in [0.2, 0.25) is 0 Å². The molecule has 6 heteroatoms. The Hall–Kier alpha value is -1.92. The van der Waals surface area contributed by atoms with Crippen LogP contribution in [0.25, 0.3) is 0 Å². The predicted octanol–water partition coefficient (Wildman–Crippen LogP) is 1.93. The fraction of sp³-hybridized carbons (Fsp3) is 0.143. The second-order valence-corrected chi connectivity index (χ2v) is 6.08. The van der Waals surface area contributed by atoms with Crippen molar-refractivity contribution in [3.8, 4) is 0 Å². The number of halogens is 1. The number of nitrogens with one attached hydrogen (secondary N) is 1. The summed E-state index contributed by atoms with van der Waals surface area (Å²) < 4.78 is 39.8. The van der Waals surface area contributed by atoms with E-state index in [2.05, 4.69) is 4.72 Å². The molecule has 2 rings (SSSR count).